The van der Waals surface area contributed by atoms with Crippen molar-refractivity contribution in [2.75, 3.05) is 13.1 Å². The molecule has 1 fully saturated rings. The van der Waals surface area contributed by atoms with Gasteiger partial charge in [0.15, 0.2) is 0 Å². The Morgan fingerprint density at radius 1 is 1.35 bits per heavy atom. The van der Waals surface area contributed by atoms with Gasteiger partial charge < -0.3 is 10.6 Å². The minimum absolute atomic E-state index is 0.0885. The van der Waals surface area contributed by atoms with Crippen molar-refractivity contribution in [3.05, 3.63) is 29.1 Å². The van der Waals surface area contributed by atoms with Crippen LogP contribution in [0.15, 0.2) is 12.1 Å². The van der Waals surface area contributed by atoms with Gasteiger partial charge in [0.1, 0.15) is 5.69 Å². The van der Waals surface area contributed by atoms with Crippen LogP contribution < -0.4 is 10.6 Å². The van der Waals surface area contributed by atoms with Gasteiger partial charge in [-0.05, 0) is 44.4 Å². The molecule has 0 spiro atoms. The lowest BCUT2D eigenvalue weighted by atomic mass is 10.2. The Kier molecular flexibility index (Phi) is 3.74. The quantitative estimate of drug-likeness (QED) is 0.751. The van der Waals surface area contributed by atoms with Gasteiger partial charge in [-0.1, -0.05) is 0 Å². The first kappa shape index (κ1) is 12.0. The number of carbonyl (C=O) groups excluding carboxylic acids is 1. The van der Waals surface area contributed by atoms with Crippen LogP contribution in [0.4, 0.5) is 0 Å². The number of nitrogens with zero attached hydrogens (tertiary/aromatic N) is 1. The van der Waals surface area contributed by atoms with E-state index in [4.69, 9.17) is 0 Å². The van der Waals surface area contributed by atoms with Crippen molar-refractivity contribution in [3.8, 4) is 0 Å². The van der Waals surface area contributed by atoms with Crippen molar-refractivity contribution < 1.29 is 4.79 Å². The number of aryl methyl sites for hydroxylation is 2. The molecule has 0 saturated heterocycles. The van der Waals surface area contributed by atoms with Crippen molar-refractivity contribution in [3.63, 3.8) is 0 Å². The van der Waals surface area contributed by atoms with E-state index < -0.39 is 0 Å². The molecule has 0 radical (unpaired) electrons. The van der Waals surface area contributed by atoms with Crippen LogP contribution in [0.2, 0.25) is 0 Å². The Labute approximate surface area is 102 Å². The Balaban J connectivity index is 1.80. The minimum atomic E-state index is -0.0885. The van der Waals surface area contributed by atoms with Gasteiger partial charge in [0.25, 0.3) is 5.91 Å². The average Bonchev–Trinajstić information content (AvgIpc) is 3.06. The predicted octanol–water partition coefficient (Wildman–Crippen LogP) is 1.18. The lowest BCUT2D eigenvalue weighted by Gasteiger charge is -2.06. The maximum absolute atomic E-state index is 11.8. The number of amides is 1. The molecule has 1 saturated carbocycles. The summed E-state index contributed by atoms with van der Waals surface area (Å²) >= 11 is 0. The summed E-state index contributed by atoms with van der Waals surface area (Å²) in [4.78, 5) is 16.0. The van der Waals surface area contributed by atoms with E-state index >= 15 is 0 Å². The first-order chi connectivity index (χ1) is 8.15. The summed E-state index contributed by atoms with van der Waals surface area (Å²) in [5, 5.41) is 6.22. The lowest BCUT2D eigenvalue weighted by molar-refractivity contribution is 0.0948. The second-order valence-corrected chi connectivity index (χ2v) is 4.66. The van der Waals surface area contributed by atoms with E-state index in [1.54, 1.807) is 0 Å². The summed E-state index contributed by atoms with van der Waals surface area (Å²) in [6.07, 6.45) is 2.54. The highest BCUT2D eigenvalue weighted by atomic mass is 16.1. The van der Waals surface area contributed by atoms with E-state index in [0.717, 1.165) is 17.8 Å². The molecule has 0 bridgehead atoms. The highest BCUT2D eigenvalue weighted by Gasteiger charge is 2.19. The van der Waals surface area contributed by atoms with Gasteiger partial charge in [0, 0.05) is 24.8 Å². The van der Waals surface area contributed by atoms with Crippen molar-refractivity contribution in [2.24, 2.45) is 0 Å². The van der Waals surface area contributed by atoms with Crippen molar-refractivity contribution >= 4 is 5.91 Å². The third-order valence-corrected chi connectivity index (χ3v) is 2.75. The molecule has 0 unspecified atom stereocenters. The van der Waals surface area contributed by atoms with Crippen molar-refractivity contribution in [1.29, 1.82) is 0 Å². The molecule has 0 aromatic carbocycles. The molecule has 1 aliphatic rings. The number of carbonyl (C=O) groups is 1. The molecule has 2 rings (SSSR count). The SMILES string of the molecule is Cc1cc(C)nc(C(=O)NCCNC2CC2)c1. The molecular weight excluding hydrogens is 214 g/mol. The summed E-state index contributed by atoms with van der Waals surface area (Å²) < 4.78 is 0. The van der Waals surface area contributed by atoms with E-state index in [1.807, 2.05) is 26.0 Å². The van der Waals surface area contributed by atoms with E-state index in [9.17, 15) is 4.79 Å². The maximum Gasteiger partial charge on any atom is 0.269 e. The second-order valence-electron chi connectivity index (χ2n) is 4.66. The molecular formula is C13H19N3O. The molecule has 1 aromatic heterocycles. The van der Waals surface area contributed by atoms with E-state index in [-0.39, 0.29) is 5.91 Å². The Morgan fingerprint density at radius 3 is 2.76 bits per heavy atom. The monoisotopic (exact) mass is 233 g/mol. The van der Waals surface area contributed by atoms with Crippen molar-refractivity contribution in [1.82, 2.24) is 15.6 Å². The van der Waals surface area contributed by atoms with Gasteiger partial charge >= 0.3 is 0 Å². The molecule has 1 amide bonds. The largest absolute Gasteiger partial charge is 0.349 e. The molecule has 92 valence electrons. The van der Waals surface area contributed by atoms with Gasteiger partial charge in [-0.2, -0.15) is 0 Å². The molecule has 1 aliphatic carbocycles. The molecule has 2 N–H and O–H groups in total. The summed E-state index contributed by atoms with van der Waals surface area (Å²) in [5.74, 6) is -0.0885. The average molecular weight is 233 g/mol. The van der Waals surface area contributed by atoms with Gasteiger partial charge in [-0.25, -0.2) is 4.98 Å². The third kappa shape index (κ3) is 3.82. The van der Waals surface area contributed by atoms with Crippen LogP contribution in [-0.2, 0) is 0 Å². The fraction of sp³-hybridized carbons (Fsp3) is 0.538. The van der Waals surface area contributed by atoms with Crippen LogP contribution in [0.1, 0.15) is 34.6 Å². The molecule has 1 heterocycles. The molecule has 4 nitrogen and oxygen atoms in total. The summed E-state index contributed by atoms with van der Waals surface area (Å²) in [7, 11) is 0. The van der Waals surface area contributed by atoms with Crippen LogP contribution in [0, 0.1) is 13.8 Å². The standard InChI is InChI=1S/C13H19N3O/c1-9-7-10(2)16-12(8-9)13(17)15-6-5-14-11-3-4-11/h7-8,11,14H,3-6H2,1-2H3,(H,15,17). The number of nitrogens with one attached hydrogen (secondary N) is 2. The van der Waals surface area contributed by atoms with Crippen LogP contribution in [-0.4, -0.2) is 30.0 Å². The summed E-state index contributed by atoms with van der Waals surface area (Å²) in [6.45, 7) is 5.36. The zero-order valence-corrected chi connectivity index (χ0v) is 10.4. The summed E-state index contributed by atoms with van der Waals surface area (Å²) in [6, 6.07) is 4.47. The highest BCUT2D eigenvalue weighted by Crippen LogP contribution is 2.17. The van der Waals surface area contributed by atoms with Crippen LogP contribution in [0.5, 0.6) is 0 Å². The first-order valence-electron chi connectivity index (χ1n) is 6.12. The van der Waals surface area contributed by atoms with Gasteiger partial charge in [-0.15, -0.1) is 0 Å². The molecule has 4 heteroatoms. The molecule has 17 heavy (non-hydrogen) atoms. The van der Waals surface area contributed by atoms with Crippen LogP contribution in [0.25, 0.3) is 0 Å². The van der Waals surface area contributed by atoms with Crippen LogP contribution in [0.3, 0.4) is 0 Å². The Bertz CT molecular complexity index is 393. The number of aromatic nitrogens is 1. The first-order valence-corrected chi connectivity index (χ1v) is 6.12. The number of pyridine rings is 1. The second kappa shape index (κ2) is 5.27. The number of hydrogen-bond acceptors (Lipinski definition) is 3. The highest BCUT2D eigenvalue weighted by molar-refractivity contribution is 5.92. The van der Waals surface area contributed by atoms with Crippen molar-refractivity contribution in [2.45, 2.75) is 32.7 Å². The fourth-order valence-electron chi connectivity index (χ4n) is 1.79. The minimum Gasteiger partial charge on any atom is -0.349 e. The number of rotatable bonds is 5. The van der Waals surface area contributed by atoms with Gasteiger partial charge in [0.05, 0.1) is 0 Å². The normalized spacial score (nSPS) is 14.7. The zero-order chi connectivity index (χ0) is 12.3. The Hall–Kier alpha value is -1.42. The summed E-state index contributed by atoms with van der Waals surface area (Å²) in [5.41, 5.74) is 2.46. The van der Waals surface area contributed by atoms with Crippen LogP contribution >= 0.6 is 0 Å². The Morgan fingerprint density at radius 2 is 2.12 bits per heavy atom. The fourth-order valence-corrected chi connectivity index (χ4v) is 1.79. The van der Waals surface area contributed by atoms with E-state index in [0.29, 0.717) is 18.3 Å². The van der Waals surface area contributed by atoms with E-state index in [1.165, 1.54) is 12.8 Å². The van der Waals surface area contributed by atoms with E-state index in [2.05, 4.69) is 15.6 Å². The molecule has 0 atom stereocenters. The lowest BCUT2D eigenvalue weighted by Crippen LogP contribution is -2.33. The maximum atomic E-state index is 11.8. The topological polar surface area (TPSA) is 54.0 Å². The third-order valence-electron chi connectivity index (χ3n) is 2.75. The predicted molar refractivity (Wildman–Crippen MR) is 67.1 cm³/mol. The molecule has 0 aliphatic heterocycles. The van der Waals surface area contributed by atoms with Gasteiger partial charge in [0.2, 0.25) is 0 Å². The molecule has 1 aromatic rings. The zero-order valence-electron chi connectivity index (χ0n) is 10.4. The number of hydrogen-bond donors (Lipinski definition) is 2. The smallest absolute Gasteiger partial charge is 0.269 e. The van der Waals surface area contributed by atoms with Gasteiger partial charge in [-0.3, -0.25) is 4.79 Å².